The van der Waals surface area contributed by atoms with Crippen LogP contribution in [0.15, 0.2) is 0 Å². The Morgan fingerprint density at radius 3 is 2.53 bits per heavy atom. The summed E-state index contributed by atoms with van der Waals surface area (Å²) in [5, 5.41) is 18.7. The molecule has 4 N–H and O–H groups in total. The lowest BCUT2D eigenvalue weighted by atomic mass is 10.3. The summed E-state index contributed by atoms with van der Waals surface area (Å²) < 4.78 is 0. The summed E-state index contributed by atoms with van der Waals surface area (Å²) in [7, 11) is 1.77. The first kappa shape index (κ1) is 14.4. The monoisotopic (exact) mass is 245 g/mol. The van der Waals surface area contributed by atoms with Crippen LogP contribution in [0.3, 0.4) is 0 Å². The zero-order chi connectivity index (χ0) is 12.8. The molecule has 1 heterocycles. The Labute approximate surface area is 102 Å². The maximum Gasteiger partial charge on any atom is 0.223 e. The third kappa shape index (κ3) is 4.59. The Kier molecular flexibility index (Phi) is 5.84. The summed E-state index contributed by atoms with van der Waals surface area (Å²) in [6, 6.07) is 0. The van der Waals surface area contributed by atoms with Crippen molar-refractivity contribution in [2.45, 2.75) is 25.0 Å². The second kappa shape index (κ2) is 6.90. The molecular formula is C11H23N3O3. The van der Waals surface area contributed by atoms with E-state index in [1.165, 1.54) is 0 Å². The Hall–Kier alpha value is -0.690. The Balaban J connectivity index is 2.20. The number of likely N-dealkylation sites (tertiary alicyclic amines) is 1. The lowest BCUT2D eigenvalue weighted by Gasteiger charge is -2.19. The van der Waals surface area contributed by atoms with Crippen molar-refractivity contribution in [3.05, 3.63) is 0 Å². The van der Waals surface area contributed by atoms with Crippen LogP contribution in [-0.4, -0.2) is 77.9 Å². The van der Waals surface area contributed by atoms with Gasteiger partial charge in [0.25, 0.3) is 0 Å². The van der Waals surface area contributed by atoms with Gasteiger partial charge in [0, 0.05) is 39.6 Å². The van der Waals surface area contributed by atoms with Gasteiger partial charge in [-0.15, -0.1) is 0 Å². The molecule has 0 aromatic rings. The molecule has 0 saturated carbocycles. The average molecular weight is 245 g/mol. The molecule has 0 radical (unpaired) electrons. The molecule has 0 bridgehead atoms. The topological polar surface area (TPSA) is 90.0 Å². The zero-order valence-corrected chi connectivity index (χ0v) is 10.4. The molecular weight excluding hydrogens is 222 g/mol. The van der Waals surface area contributed by atoms with Crippen molar-refractivity contribution in [2.24, 2.45) is 5.73 Å². The fourth-order valence-corrected chi connectivity index (χ4v) is 1.93. The molecule has 0 spiro atoms. The minimum Gasteiger partial charge on any atom is -0.389 e. The van der Waals surface area contributed by atoms with Gasteiger partial charge in [-0.2, -0.15) is 0 Å². The molecule has 1 saturated heterocycles. The van der Waals surface area contributed by atoms with Crippen LogP contribution in [-0.2, 0) is 4.79 Å². The summed E-state index contributed by atoms with van der Waals surface area (Å²) in [5.74, 6) is 0.0781. The van der Waals surface area contributed by atoms with E-state index in [0.717, 1.165) is 6.42 Å². The minimum atomic E-state index is -0.680. The highest BCUT2D eigenvalue weighted by molar-refractivity contribution is 5.76. The first-order valence-corrected chi connectivity index (χ1v) is 6.07. The number of aliphatic hydroxyl groups excluding tert-OH is 2. The maximum absolute atomic E-state index is 11.7. The molecule has 1 fully saturated rings. The highest BCUT2D eigenvalue weighted by atomic mass is 16.3. The van der Waals surface area contributed by atoms with Crippen LogP contribution in [0.4, 0.5) is 0 Å². The van der Waals surface area contributed by atoms with Gasteiger partial charge in [-0.25, -0.2) is 0 Å². The van der Waals surface area contributed by atoms with Crippen LogP contribution < -0.4 is 5.73 Å². The van der Waals surface area contributed by atoms with Crippen LogP contribution >= 0.6 is 0 Å². The summed E-state index contributed by atoms with van der Waals surface area (Å²) >= 11 is 0. The highest BCUT2D eigenvalue weighted by Gasteiger charge is 2.29. The molecule has 6 nitrogen and oxygen atoms in total. The van der Waals surface area contributed by atoms with Crippen molar-refractivity contribution in [1.29, 1.82) is 0 Å². The van der Waals surface area contributed by atoms with Crippen LogP contribution in [0.25, 0.3) is 0 Å². The first-order valence-electron chi connectivity index (χ1n) is 6.07. The predicted molar refractivity (Wildman–Crippen MR) is 64.4 cm³/mol. The summed E-state index contributed by atoms with van der Waals surface area (Å²) in [4.78, 5) is 15.3. The number of hydrogen-bond acceptors (Lipinski definition) is 5. The zero-order valence-electron chi connectivity index (χ0n) is 10.4. The molecule has 17 heavy (non-hydrogen) atoms. The molecule has 6 heteroatoms. The fraction of sp³-hybridized carbons (Fsp3) is 0.909. The normalized spacial score (nSPS) is 25.2. The van der Waals surface area contributed by atoms with E-state index in [1.807, 2.05) is 4.90 Å². The average Bonchev–Trinajstić information content (AvgIpc) is 2.62. The molecule has 2 unspecified atom stereocenters. The number of carbonyl (C=O) groups is 1. The molecule has 100 valence electrons. The molecule has 2 atom stereocenters. The smallest absolute Gasteiger partial charge is 0.223 e. The quantitative estimate of drug-likeness (QED) is 0.515. The number of amides is 1. The van der Waals surface area contributed by atoms with E-state index in [4.69, 9.17) is 5.73 Å². The third-order valence-electron chi connectivity index (χ3n) is 3.10. The number of aliphatic hydroxyl groups is 2. The molecule has 1 aliphatic rings. The molecule has 1 rings (SSSR count). The SMILES string of the molecule is CN(CCCN)C(=O)CCN1CC(O)C(O)C1. The van der Waals surface area contributed by atoms with Crippen LogP contribution in [0.2, 0.25) is 0 Å². The summed E-state index contributed by atoms with van der Waals surface area (Å²) in [5.41, 5.74) is 5.38. The number of nitrogens with zero attached hydrogens (tertiary/aromatic N) is 2. The summed E-state index contributed by atoms with van der Waals surface area (Å²) in [6.07, 6.45) is -0.135. The van der Waals surface area contributed by atoms with Crippen LogP contribution in [0, 0.1) is 0 Å². The highest BCUT2D eigenvalue weighted by Crippen LogP contribution is 2.10. The third-order valence-corrected chi connectivity index (χ3v) is 3.10. The first-order chi connectivity index (χ1) is 8.04. The molecule has 0 aromatic carbocycles. The fourth-order valence-electron chi connectivity index (χ4n) is 1.93. The Morgan fingerprint density at radius 2 is 2.00 bits per heavy atom. The minimum absolute atomic E-state index is 0.0781. The van der Waals surface area contributed by atoms with E-state index in [-0.39, 0.29) is 5.91 Å². The molecule has 1 aliphatic heterocycles. The molecule has 1 amide bonds. The van der Waals surface area contributed by atoms with Gasteiger partial charge >= 0.3 is 0 Å². The van der Waals surface area contributed by atoms with Crippen molar-refractivity contribution in [2.75, 3.05) is 39.8 Å². The Morgan fingerprint density at radius 1 is 1.41 bits per heavy atom. The second-order valence-corrected chi connectivity index (χ2v) is 4.60. The van der Waals surface area contributed by atoms with Gasteiger partial charge in [-0.05, 0) is 13.0 Å². The van der Waals surface area contributed by atoms with Crippen molar-refractivity contribution in [3.63, 3.8) is 0 Å². The number of β-amino-alcohol motifs (C(OH)–C–C–N with tert-alkyl or cyclic N) is 2. The van der Waals surface area contributed by atoms with E-state index in [0.29, 0.717) is 39.1 Å². The maximum atomic E-state index is 11.7. The van der Waals surface area contributed by atoms with Crippen molar-refractivity contribution < 1.29 is 15.0 Å². The number of nitrogens with two attached hydrogens (primary N) is 1. The van der Waals surface area contributed by atoms with E-state index < -0.39 is 12.2 Å². The number of rotatable bonds is 6. The predicted octanol–water partition coefficient (Wildman–Crippen LogP) is -1.78. The standard InChI is InChI=1S/C11H23N3O3/c1-13(5-2-4-12)11(17)3-6-14-7-9(15)10(16)8-14/h9-10,15-16H,2-8,12H2,1H3. The van der Waals surface area contributed by atoms with E-state index in [9.17, 15) is 15.0 Å². The van der Waals surface area contributed by atoms with E-state index >= 15 is 0 Å². The van der Waals surface area contributed by atoms with E-state index in [2.05, 4.69) is 0 Å². The largest absolute Gasteiger partial charge is 0.389 e. The van der Waals surface area contributed by atoms with Crippen LogP contribution in [0.1, 0.15) is 12.8 Å². The molecule has 0 aromatic heterocycles. The summed E-state index contributed by atoms with van der Waals surface area (Å²) in [6.45, 7) is 2.74. The Bertz CT molecular complexity index is 240. The van der Waals surface area contributed by atoms with Gasteiger partial charge in [0.2, 0.25) is 5.91 Å². The van der Waals surface area contributed by atoms with E-state index in [1.54, 1.807) is 11.9 Å². The van der Waals surface area contributed by atoms with Crippen LogP contribution in [0.5, 0.6) is 0 Å². The van der Waals surface area contributed by atoms with Crippen molar-refractivity contribution in [3.8, 4) is 0 Å². The van der Waals surface area contributed by atoms with Gasteiger partial charge in [-0.1, -0.05) is 0 Å². The number of hydrogen-bond donors (Lipinski definition) is 3. The van der Waals surface area contributed by atoms with Gasteiger partial charge in [0.15, 0.2) is 0 Å². The number of carbonyl (C=O) groups excluding carboxylic acids is 1. The lowest BCUT2D eigenvalue weighted by molar-refractivity contribution is -0.130. The van der Waals surface area contributed by atoms with Gasteiger partial charge in [-0.3, -0.25) is 9.69 Å². The van der Waals surface area contributed by atoms with Gasteiger partial charge in [0.1, 0.15) is 0 Å². The van der Waals surface area contributed by atoms with Gasteiger partial charge < -0.3 is 20.8 Å². The van der Waals surface area contributed by atoms with Gasteiger partial charge in [0.05, 0.1) is 12.2 Å². The second-order valence-electron chi connectivity index (χ2n) is 4.60. The van der Waals surface area contributed by atoms with Crippen molar-refractivity contribution in [1.82, 2.24) is 9.80 Å². The van der Waals surface area contributed by atoms with Crippen molar-refractivity contribution >= 4 is 5.91 Å². The molecule has 0 aliphatic carbocycles. The lowest BCUT2D eigenvalue weighted by Crippen LogP contribution is -2.33.